The van der Waals surface area contributed by atoms with Crippen LogP contribution in [0.1, 0.15) is 25.7 Å². The molecule has 124 valence electrons. The molecule has 0 unspecified atom stereocenters. The van der Waals surface area contributed by atoms with Gasteiger partial charge in [0.15, 0.2) is 0 Å². The average Bonchev–Trinajstić information content (AvgIpc) is 3.06. The molecule has 3 atom stereocenters. The van der Waals surface area contributed by atoms with E-state index in [1.54, 1.807) is 24.3 Å². The minimum atomic E-state index is -0.0569. The lowest BCUT2D eigenvalue weighted by molar-refractivity contribution is -0.116. The first-order valence-corrected chi connectivity index (χ1v) is 8.94. The molecule has 0 spiro atoms. The predicted molar refractivity (Wildman–Crippen MR) is 90.7 cm³/mol. The molecule has 0 aliphatic carbocycles. The van der Waals surface area contributed by atoms with Crippen molar-refractivity contribution in [3.8, 4) is 5.75 Å². The zero-order chi connectivity index (χ0) is 16.2. The Kier molecular flexibility index (Phi) is 4.95. The molecule has 0 aromatic heterocycles. The quantitative estimate of drug-likeness (QED) is 0.364. The van der Waals surface area contributed by atoms with Gasteiger partial charge in [0.1, 0.15) is 5.75 Å². The normalized spacial score (nSPS) is 25.6. The van der Waals surface area contributed by atoms with Crippen molar-refractivity contribution in [1.29, 1.82) is 0 Å². The monoisotopic (exact) mass is 335 g/mol. The number of phenolic OH excluding ortho intramolecular Hbond substituents is 1. The van der Waals surface area contributed by atoms with E-state index >= 15 is 0 Å². The Hall–Kier alpha value is -1.89. The van der Waals surface area contributed by atoms with Gasteiger partial charge in [-0.25, -0.2) is 4.79 Å². The lowest BCUT2D eigenvalue weighted by Gasteiger charge is -2.16. The lowest BCUT2D eigenvalue weighted by atomic mass is 10.0. The second-order valence-corrected chi connectivity index (χ2v) is 7.23. The molecule has 2 aliphatic rings. The molecule has 0 radical (unpaired) electrons. The van der Waals surface area contributed by atoms with Crippen molar-refractivity contribution >= 4 is 29.4 Å². The number of benzene rings is 1. The topological polar surface area (TPSA) is 90.5 Å². The molecular formula is C16H21N3O3S. The van der Waals surface area contributed by atoms with E-state index in [0.29, 0.717) is 17.4 Å². The van der Waals surface area contributed by atoms with Crippen LogP contribution in [0.4, 0.5) is 10.5 Å². The molecule has 4 N–H and O–H groups in total. The fourth-order valence-corrected chi connectivity index (χ4v) is 4.59. The zero-order valence-corrected chi connectivity index (χ0v) is 13.6. The van der Waals surface area contributed by atoms with Crippen LogP contribution in [0.3, 0.4) is 0 Å². The smallest absolute Gasteiger partial charge is 0.315 e. The van der Waals surface area contributed by atoms with Crippen LogP contribution in [0, 0.1) is 0 Å². The number of hydrogen-bond donors (Lipinski definition) is 4. The molecule has 23 heavy (non-hydrogen) atoms. The van der Waals surface area contributed by atoms with E-state index in [-0.39, 0.29) is 29.8 Å². The maximum Gasteiger partial charge on any atom is 0.315 e. The summed E-state index contributed by atoms with van der Waals surface area (Å²) < 4.78 is 0. The summed E-state index contributed by atoms with van der Waals surface area (Å²) in [7, 11) is 0. The minimum Gasteiger partial charge on any atom is -0.508 e. The summed E-state index contributed by atoms with van der Waals surface area (Å²) in [4.78, 5) is 23.2. The van der Waals surface area contributed by atoms with Gasteiger partial charge in [0, 0.05) is 23.1 Å². The molecular weight excluding hydrogens is 314 g/mol. The molecule has 6 nitrogen and oxygen atoms in total. The van der Waals surface area contributed by atoms with E-state index in [1.807, 2.05) is 11.8 Å². The van der Waals surface area contributed by atoms with Crippen LogP contribution in [0.5, 0.6) is 5.75 Å². The van der Waals surface area contributed by atoms with Gasteiger partial charge < -0.3 is 21.1 Å². The van der Waals surface area contributed by atoms with Crippen LogP contribution < -0.4 is 16.0 Å². The third kappa shape index (κ3) is 4.10. The first kappa shape index (κ1) is 16.0. The van der Waals surface area contributed by atoms with Crippen LogP contribution in [-0.2, 0) is 4.79 Å². The van der Waals surface area contributed by atoms with Gasteiger partial charge in [-0.2, -0.15) is 11.8 Å². The van der Waals surface area contributed by atoms with Crippen molar-refractivity contribution in [2.45, 2.75) is 43.0 Å². The van der Waals surface area contributed by atoms with E-state index in [1.165, 1.54) is 0 Å². The summed E-state index contributed by atoms with van der Waals surface area (Å²) in [6, 6.07) is 6.89. The van der Waals surface area contributed by atoms with Gasteiger partial charge in [-0.3, -0.25) is 4.79 Å². The van der Waals surface area contributed by atoms with E-state index in [0.717, 1.165) is 25.0 Å². The molecule has 0 bridgehead atoms. The fraction of sp³-hybridized carbons (Fsp3) is 0.500. The first-order valence-electron chi connectivity index (χ1n) is 7.89. The van der Waals surface area contributed by atoms with Crippen LogP contribution in [0.25, 0.3) is 0 Å². The molecule has 0 saturated carbocycles. The number of urea groups is 1. The second-order valence-electron chi connectivity index (χ2n) is 5.96. The molecule has 2 aliphatic heterocycles. The van der Waals surface area contributed by atoms with Crippen LogP contribution in [0.2, 0.25) is 0 Å². The number of carbonyl (C=O) groups is 2. The van der Waals surface area contributed by atoms with Crippen LogP contribution >= 0.6 is 11.8 Å². The Morgan fingerprint density at radius 3 is 2.83 bits per heavy atom. The Morgan fingerprint density at radius 1 is 1.26 bits per heavy atom. The highest BCUT2D eigenvalue weighted by atomic mass is 32.2. The van der Waals surface area contributed by atoms with Crippen molar-refractivity contribution < 1.29 is 14.7 Å². The van der Waals surface area contributed by atoms with E-state index < -0.39 is 0 Å². The first-order chi connectivity index (χ1) is 11.1. The maximum absolute atomic E-state index is 11.9. The molecule has 1 aromatic rings. The van der Waals surface area contributed by atoms with Gasteiger partial charge in [-0.05, 0) is 37.1 Å². The maximum atomic E-state index is 11.9. The molecule has 1 aromatic carbocycles. The number of unbranched alkanes of at least 4 members (excludes halogenated alkanes) is 1. The number of hydrogen-bond acceptors (Lipinski definition) is 4. The number of thioether (sulfide) groups is 1. The summed E-state index contributed by atoms with van der Waals surface area (Å²) in [5.41, 5.74) is 0.696. The fourth-order valence-electron chi connectivity index (χ4n) is 3.04. The molecule has 2 heterocycles. The van der Waals surface area contributed by atoms with Crippen molar-refractivity contribution in [1.82, 2.24) is 10.6 Å². The van der Waals surface area contributed by atoms with Crippen LogP contribution in [-0.4, -0.2) is 40.1 Å². The van der Waals surface area contributed by atoms with Gasteiger partial charge in [-0.1, -0.05) is 6.42 Å². The van der Waals surface area contributed by atoms with Gasteiger partial charge in [0.25, 0.3) is 0 Å². The largest absolute Gasteiger partial charge is 0.508 e. The summed E-state index contributed by atoms with van der Waals surface area (Å²) >= 11 is 1.90. The molecule has 3 amide bonds. The summed E-state index contributed by atoms with van der Waals surface area (Å²) in [6.45, 7) is 0. The van der Waals surface area contributed by atoms with Gasteiger partial charge >= 0.3 is 6.03 Å². The van der Waals surface area contributed by atoms with Crippen molar-refractivity contribution in [3.63, 3.8) is 0 Å². The highest BCUT2D eigenvalue weighted by molar-refractivity contribution is 8.00. The third-order valence-corrected chi connectivity index (χ3v) is 5.74. The lowest BCUT2D eigenvalue weighted by Crippen LogP contribution is -2.36. The molecule has 2 saturated heterocycles. The van der Waals surface area contributed by atoms with Crippen LogP contribution in [0.15, 0.2) is 24.3 Å². The van der Waals surface area contributed by atoms with E-state index in [9.17, 15) is 14.7 Å². The number of carbonyl (C=O) groups excluding carboxylic acids is 2. The van der Waals surface area contributed by atoms with Crippen molar-refractivity contribution in [3.05, 3.63) is 24.3 Å². The number of amides is 3. The SMILES string of the molecule is O=C(CCCC[C@@H]1SC[C@@H]2NC(=O)N[C@@H]21)Nc1ccc(O)cc1. The number of aromatic hydroxyl groups is 1. The number of fused-ring (bicyclic) bond motifs is 1. The van der Waals surface area contributed by atoms with E-state index in [4.69, 9.17) is 0 Å². The highest BCUT2D eigenvalue weighted by Crippen LogP contribution is 2.33. The van der Waals surface area contributed by atoms with Crippen molar-refractivity contribution in [2.24, 2.45) is 0 Å². The van der Waals surface area contributed by atoms with E-state index in [2.05, 4.69) is 16.0 Å². The second kappa shape index (κ2) is 7.12. The molecule has 7 heteroatoms. The standard InChI is InChI=1S/C16H21N3O3S/c20-11-7-5-10(6-8-11)17-14(21)4-2-1-3-13-15-12(9-23-13)18-16(22)19-15/h5-8,12-13,15,20H,1-4,9H2,(H,17,21)(H2,18,19,22)/t12-,13-,15-/m0/s1. The number of anilines is 1. The van der Waals surface area contributed by atoms with Gasteiger partial charge in [0.05, 0.1) is 12.1 Å². The number of rotatable bonds is 6. The average molecular weight is 335 g/mol. The Morgan fingerprint density at radius 2 is 2.04 bits per heavy atom. The predicted octanol–water partition coefficient (Wildman–Crippen LogP) is 2.06. The Bertz CT molecular complexity index is 578. The zero-order valence-electron chi connectivity index (χ0n) is 12.7. The van der Waals surface area contributed by atoms with Gasteiger partial charge in [-0.15, -0.1) is 0 Å². The Labute approximate surface area is 139 Å². The third-order valence-electron chi connectivity index (χ3n) is 4.23. The molecule has 2 fully saturated rings. The summed E-state index contributed by atoms with van der Waals surface area (Å²) in [6.07, 6.45) is 3.30. The minimum absolute atomic E-state index is 0.0107. The van der Waals surface area contributed by atoms with Gasteiger partial charge in [0.2, 0.25) is 5.91 Å². The molecule has 3 rings (SSSR count). The van der Waals surface area contributed by atoms with Crippen molar-refractivity contribution in [2.75, 3.05) is 11.1 Å². The number of phenols is 1. The Balaban J connectivity index is 1.34. The summed E-state index contributed by atoms with van der Waals surface area (Å²) in [5.74, 6) is 1.14. The highest BCUT2D eigenvalue weighted by Gasteiger charge is 2.42. The number of nitrogens with one attached hydrogen (secondary N) is 3. The summed E-state index contributed by atoms with van der Waals surface area (Å²) in [5, 5.41) is 18.4.